The van der Waals surface area contributed by atoms with Gasteiger partial charge in [0.2, 0.25) is 5.95 Å². The van der Waals surface area contributed by atoms with Crippen LogP contribution < -0.4 is 16.4 Å². The fourth-order valence-electron chi connectivity index (χ4n) is 3.07. The molecule has 0 radical (unpaired) electrons. The summed E-state index contributed by atoms with van der Waals surface area (Å²) >= 11 is 0. The maximum atomic E-state index is 14.2. The van der Waals surface area contributed by atoms with Crippen LogP contribution in [0.5, 0.6) is 5.75 Å². The van der Waals surface area contributed by atoms with Gasteiger partial charge >= 0.3 is 0 Å². The van der Waals surface area contributed by atoms with Gasteiger partial charge in [0.15, 0.2) is 0 Å². The molecule has 0 aliphatic carbocycles. The summed E-state index contributed by atoms with van der Waals surface area (Å²) in [5, 5.41) is 16.6. The normalized spacial score (nSPS) is 10.6. The largest absolute Gasteiger partial charge is 0.507 e. The van der Waals surface area contributed by atoms with E-state index in [2.05, 4.69) is 25.6 Å². The molecule has 0 fully saturated rings. The minimum absolute atomic E-state index is 0.0173. The lowest BCUT2D eigenvalue weighted by Crippen LogP contribution is -2.06. The number of hydrogen-bond donors (Lipinski definition) is 4. The monoisotopic (exact) mass is 416 g/mol. The second-order valence-electron chi connectivity index (χ2n) is 7.01. The highest BCUT2D eigenvalue weighted by atomic mass is 19.1. The Kier molecular flexibility index (Phi) is 5.61. The highest BCUT2D eigenvalue weighted by Crippen LogP contribution is 2.33. The summed E-state index contributed by atoms with van der Waals surface area (Å²) in [4.78, 5) is 12.7. The number of phenols is 1. The lowest BCUT2D eigenvalue weighted by Gasteiger charge is -2.12. The Morgan fingerprint density at radius 1 is 1.03 bits per heavy atom. The van der Waals surface area contributed by atoms with E-state index in [-0.39, 0.29) is 17.5 Å². The van der Waals surface area contributed by atoms with Crippen LogP contribution >= 0.6 is 0 Å². The van der Waals surface area contributed by atoms with Gasteiger partial charge in [-0.3, -0.25) is 4.98 Å². The molecule has 0 saturated carbocycles. The first kappa shape index (κ1) is 20.1. The Balaban J connectivity index is 1.61. The van der Waals surface area contributed by atoms with Crippen LogP contribution in [0.1, 0.15) is 11.3 Å². The molecule has 2 aromatic heterocycles. The molecule has 31 heavy (non-hydrogen) atoms. The van der Waals surface area contributed by atoms with E-state index in [9.17, 15) is 9.50 Å². The second kappa shape index (κ2) is 8.66. The Morgan fingerprint density at radius 2 is 1.90 bits per heavy atom. The lowest BCUT2D eigenvalue weighted by atomic mass is 10.1. The molecule has 0 unspecified atom stereocenters. The minimum atomic E-state index is -0.359. The molecule has 4 aromatic rings. The number of pyridine rings is 1. The molecule has 8 heteroatoms. The molecule has 0 bridgehead atoms. The van der Waals surface area contributed by atoms with Gasteiger partial charge in [-0.1, -0.05) is 12.1 Å². The van der Waals surface area contributed by atoms with Crippen molar-refractivity contribution in [2.45, 2.75) is 13.5 Å². The molecule has 5 N–H and O–H groups in total. The summed E-state index contributed by atoms with van der Waals surface area (Å²) in [6, 6.07) is 17.1. The zero-order valence-corrected chi connectivity index (χ0v) is 16.8. The number of nitrogen functional groups attached to an aromatic ring is 1. The first-order valence-corrected chi connectivity index (χ1v) is 9.63. The number of benzene rings is 2. The Hall–Kier alpha value is -4.20. The van der Waals surface area contributed by atoms with Gasteiger partial charge in [0, 0.05) is 23.5 Å². The maximum Gasteiger partial charge on any atom is 0.222 e. The Morgan fingerprint density at radius 3 is 2.68 bits per heavy atom. The van der Waals surface area contributed by atoms with Crippen LogP contribution in [-0.4, -0.2) is 20.1 Å². The summed E-state index contributed by atoms with van der Waals surface area (Å²) in [7, 11) is 0. The van der Waals surface area contributed by atoms with Gasteiger partial charge in [0.1, 0.15) is 17.4 Å². The number of anilines is 4. The zero-order chi connectivity index (χ0) is 21.8. The van der Waals surface area contributed by atoms with Gasteiger partial charge < -0.3 is 21.5 Å². The molecule has 0 aliphatic rings. The fourth-order valence-corrected chi connectivity index (χ4v) is 3.07. The van der Waals surface area contributed by atoms with E-state index in [1.165, 1.54) is 12.1 Å². The number of halogens is 1. The zero-order valence-electron chi connectivity index (χ0n) is 16.8. The topological polar surface area (TPSA) is 109 Å². The van der Waals surface area contributed by atoms with Crippen LogP contribution in [0.25, 0.3) is 11.3 Å². The van der Waals surface area contributed by atoms with Crippen molar-refractivity contribution in [3.05, 3.63) is 83.9 Å². The molecule has 0 atom stereocenters. The van der Waals surface area contributed by atoms with E-state index in [0.29, 0.717) is 35.0 Å². The van der Waals surface area contributed by atoms with E-state index in [1.54, 1.807) is 30.5 Å². The van der Waals surface area contributed by atoms with Gasteiger partial charge in [-0.15, -0.1) is 0 Å². The predicted octanol–water partition coefficient (Wildman–Crippen LogP) is 4.63. The van der Waals surface area contributed by atoms with Crippen molar-refractivity contribution in [1.29, 1.82) is 0 Å². The van der Waals surface area contributed by atoms with Crippen molar-refractivity contribution in [2.24, 2.45) is 0 Å². The Labute approximate surface area is 178 Å². The number of nitrogens with one attached hydrogen (secondary N) is 2. The predicted molar refractivity (Wildman–Crippen MR) is 120 cm³/mol. The van der Waals surface area contributed by atoms with E-state index >= 15 is 0 Å². The molecule has 2 aromatic carbocycles. The number of phenolic OH excluding ortho intramolecular Hbond substituents is 1. The molecular formula is C23H21FN6O. The van der Waals surface area contributed by atoms with Crippen molar-refractivity contribution in [1.82, 2.24) is 15.0 Å². The van der Waals surface area contributed by atoms with Crippen molar-refractivity contribution in [3.8, 4) is 17.0 Å². The average molecular weight is 416 g/mol. The quantitative estimate of drug-likeness (QED) is 0.339. The van der Waals surface area contributed by atoms with E-state index < -0.39 is 0 Å². The number of aryl methyl sites for hydroxylation is 1. The summed E-state index contributed by atoms with van der Waals surface area (Å²) in [6.07, 6.45) is 1.71. The average Bonchev–Trinajstić information content (AvgIpc) is 2.76. The van der Waals surface area contributed by atoms with Gasteiger partial charge in [-0.05, 0) is 55.0 Å². The first-order valence-electron chi connectivity index (χ1n) is 9.63. The van der Waals surface area contributed by atoms with Gasteiger partial charge in [0.05, 0.1) is 23.6 Å². The van der Waals surface area contributed by atoms with Gasteiger partial charge in [0.25, 0.3) is 0 Å². The number of aromatic hydroxyl groups is 1. The summed E-state index contributed by atoms with van der Waals surface area (Å²) in [5.74, 6) is 0.212. The highest BCUT2D eigenvalue weighted by molar-refractivity contribution is 5.75. The van der Waals surface area contributed by atoms with Crippen LogP contribution in [0.2, 0.25) is 0 Å². The SMILES string of the molecule is Cc1ccc(Nc2ccc(O)c(-c3cc(NCc4ccccn4)nc(N)n3)c2)c(F)c1. The molecule has 0 amide bonds. The molecule has 7 nitrogen and oxygen atoms in total. The number of aromatic nitrogens is 3. The molecule has 4 rings (SSSR count). The lowest BCUT2D eigenvalue weighted by molar-refractivity contribution is 0.477. The number of nitrogens with two attached hydrogens (primary N) is 1. The van der Waals surface area contributed by atoms with E-state index in [4.69, 9.17) is 5.73 Å². The highest BCUT2D eigenvalue weighted by Gasteiger charge is 2.12. The maximum absolute atomic E-state index is 14.2. The summed E-state index contributed by atoms with van der Waals surface area (Å²) < 4.78 is 14.2. The third kappa shape index (κ3) is 4.87. The molecule has 0 aliphatic heterocycles. The first-order chi connectivity index (χ1) is 15.0. The smallest absolute Gasteiger partial charge is 0.222 e. The second-order valence-corrected chi connectivity index (χ2v) is 7.01. The summed E-state index contributed by atoms with van der Waals surface area (Å²) in [6.45, 7) is 2.28. The van der Waals surface area contributed by atoms with E-state index in [0.717, 1.165) is 11.3 Å². The van der Waals surface area contributed by atoms with Gasteiger partial charge in [-0.2, -0.15) is 4.98 Å². The fraction of sp³-hybridized carbons (Fsp3) is 0.0870. The molecule has 0 saturated heterocycles. The van der Waals surface area contributed by atoms with Crippen LogP contribution in [-0.2, 0) is 6.54 Å². The van der Waals surface area contributed by atoms with Crippen molar-refractivity contribution >= 4 is 23.1 Å². The third-order valence-corrected chi connectivity index (χ3v) is 4.60. The Bertz CT molecular complexity index is 1220. The standard InChI is InChI=1S/C23H21FN6O/c1-14-5-7-19(18(24)10-14)28-15-6-8-21(31)17(11-15)20-12-22(30-23(25)29-20)27-13-16-4-2-3-9-26-16/h2-12,28,31H,13H2,1H3,(H3,25,27,29,30). The van der Waals surface area contributed by atoms with Crippen LogP contribution in [0.4, 0.5) is 27.5 Å². The molecule has 156 valence electrons. The number of hydrogen-bond acceptors (Lipinski definition) is 7. The van der Waals surface area contributed by atoms with E-state index in [1.807, 2.05) is 31.2 Å². The van der Waals surface area contributed by atoms with Crippen LogP contribution in [0.15, 0.2) is 66.9 Å². The number of nitrogens with zero attached hydrogens (tertiary/aromatic N) is 3. The van der Waals surface area contributed by atoms with Gasteiger partial charge in [-0.25, -0.2) is 9.37 Å². The van der Waals surface area contributed by atoms with Crippen molar-refractivity contribution in [2.75, 3.05) is 16.4 Å². The van der Waals surface area contributed by atoms with Crippen molar-refractivity contribution in [3.63, 3.8) is 0 Å². The molecular weight excluding hydrogens is 395 g/mol. The molecule has 2 heterocycles. The van der Waals surface area contributed by atoms with Crippen LogP contribution in [0.3, 0.4) is 0 Å². The summed E-state index contributed by atoms with van der Waals surface area (Å²) in [5.41, 5.74) is 9.36. The molecule has 0 spiro atoms. The third-order valence-electron chi connectivity index (χ3n) is 4.60. The van der Waals surface area contributed by atoms with Crippen LogP contribution in [0, 0.1) is 12.7 Å². The minimum Gasteiger partial charge on any atom is -0.507 e. The number of rotatable bonds is 6. The van der Waals surface area contributed by atoms with Crippen molar-refractivity contribution < 1.29 is 9.50 Å².